The summed E-state index contributed by atoms with van der Waals surface area (Å²) in [5, 5.41) is 10.2. The van der Waals surface area contributed by atoms with Crippen molar-refractivity contribution in [2.75, 3.05) is 11.1 Å². The van der Waals surface area contributed by atoms with Crippen molar-refractivity contribution < 1.29 is 14.0 Å². The highest BCUT2D eigenvalue weighted by Gasteiger charge is 2.25. The second-order valence-electron chi connectivity index (χ2n) is 10.3. The molecule has 0 saturated heterocycles. The van der Waals surface area contributed by atoms with Gasteiger partial charge in [0.25, 0.3) is 11.5 Å². The monoisotopic (exact) mass is 576 g/mol. The van der Waals surface area contributed by atoms with E-state index in [4.69, 9.17) is 17.3 Å². The maximum Gasteiger partial charge on any atom is 0.255 e. The Morgan fingerprint density at radius 1 is 1.17 bits per heavy atom. The van der Waals surface area contributed by atoms with E-state index in [9.17, 15) is 18.8 Å². The van der Waals surface area contributed by atoms with E-state index in [1.807, 2.05) is 13.0 Å². The van der Waals surface area contributed by atoms with Crippen LogP contribution in [0, 0.1) is 18.7 Å². The molecule has 4 aromatic rings. The average molecular weight is 577 g/mol. The first-order chi connectivity index (χ1) is 19.5. The van der Waals surface area contributed by atoms with Crippen LogP contribution in [0.1, 0.15) is 54.0 Å². The number of carbonyl (C=O) groups is 2. The summed E-state index contributed by atoms with van der Waals surface area (Å²) in [5.74, 6) is -1.52. The average Bonchev–Trinajstić information content (AvgIpc) is 3.31. The van der Waals surface area contributed by atoms with Crippen LogP contribution >= 0.6 is 11.6 Å². The topological polar surface area (TPSA) is 124 Å². The summed E-state index contributed by atoms with van der Waals surface area (Å²) >= 11 is 5.95. The molecule has 5 rings (SSSR count). The standard InChI is InChI=1S/C30H30ClFN6O3/c1-16-6-4-8-23(35-30(41)21-15-34-38(17(21)2)25-9-5-7-22(31)28(25)32)26-12-18(13-27(39)37(26)3)20-11-10-19(33)14-24(20)36-29(16)40/h5,7,9-16,23H,4,6,8,33H2,1-3H3,(H,35,41)(H,36,40)/t16-,23+/m1/s1. The molecule has 0 fully saturated rings. The van der Waals surface area contributed by atoms with Gasteiger partial charge in [0.2, 0.25) is 5.91 Å². The van der Waals surface area contributed by atoms with Gasteiger partial charge in [0.1, 0.15) is 5.69 Å². The molecule has 41 heavy (non-hydrogen) atoms. The second-order valence-corrected chi connectivity index (χ2v) is 10.8. The van der Waals surface area contributed by atoms with Crippen LogP contribution in [0.5, 0.6) is 0 Å². The van der Waals surface area contributed by atoms with Gasteiger partial charge in [-0.25, -0.2) is 9.07 Å². The predicted octanol–water partition coefficient (Wildman–Crippen LogP) is 5.15. The maximum atomic E-state index is 14.7. The molecule has 9 nitrogen and oxygen atoms in total. The molecule has 212 valence electrons. The fraction of sp³-hybridized carbons (Fsp3) is 0.267. The van der Waals surface area contributed by atoms with Crippen LogP contribution in [0.15, 0.2) is 59.5 Å². The van der Waals surface area contributed by atoms with Crippen molar-refractivity contribution in [3.05, 3.63) is 92.9 Å². The molecule has 3 heterocycles. The van der Waals surface area contributed by atoms with Gasteiger partial charge in [0.15, 0.2) is 5.82 Å². The van der Waals surface area contributed by atoms with E-state index >= 15 is 0 Å². The van der Waals surface area contributed by atoms with Crippen molar-refractivity contribution in [3.63, 3.8) is 0 Å². The summed E-state index contributed by atoms with van der Waals surface area (Å²) in [6, 6.07) is 12.5. The van der Waals surface area contributed by atoms with Gasteiger partial charge in [-0.15, -0.1) is 0 Å². The molecule has 1 aliphatic rings. The largest absolute Gasteiger partial charge is 0.399 e. The molecule has 0 radical (unpaired) electrons. The number of aromatic nitrogens is 3. The van der Waals surface area contributed by atoms with Gasteiger partial charge in [0, 0.05) is 36.0 Å². The zero-order valence-corrected chi connectivity index (χ0v) is 23.6. The number of nitrogens with one attached hydrogen (secondary N) is 2. The Labute approximate surface area is 241 Å². The van der Waals surface area contributed by atoms with Gasteiger partial charge in [-0.1, -0.05) is 37.1 Å². The van der Waals surface area contributed by atoms with Gasteiger partial charge in [-0.3, -0.25) is 14.4 Å². The Hall–Kier alpha value is -4.44. The minimum Gasteiger partial charge on any atom is -0.399 e. The van der Waals surface area contributed by atoms with E-state index in [1.165, 1.54) is 33.6 Å². The Kier molecular flexibility index (Phi) is 7.68. The molecule has 2 bridgehead atoms. The molecule has 0 saturated carbocycles. The number of benzene rings is 2. The molecule has 0 unspecified atom stereocenters. The van der Waals surface area contributed by atoms with E-state index in [-0.39, 0.29) is 33.7 Å². The molecular formula is C30H30ClFN6O3. The predicted molar refractivity (Wildman–Crippen MR) is 157 cm³/mol. The number of halogens is 2. The van der Waals surface area contributed by atoms with E-state index in [0.717, 1.165) is 0 Å². The number of nitrogens with two attached hydrogens (primary N) is 1. The SMILES string of the molecule is Cc1c(C(=O)N[C@H]2CCC[C@@H](C)C(=O)Nc3cc(N)ccc3-c3cc2n(C)c(=O)c3)cnn1-c1cccc(Cl)c1F. The lowest BCUT2D eigenvalue weighted by Crippen LogP contribution is -2.33. The van der Waals surface area contributed by atoms with Crippen LogP contribution in [0.4, 0.5) is 15.8 Å². The quantitative estimate of drug-likeness (QED) is 0.291. The molecule has 1 aliphatic heterocycles. The molecule has 2 aromatic carbocycles. The van der Waals surface area contributed by atoms with Gasteiger partial charge >= 0.3 is 0 Å². The fourth-order valence-electron chi connectivity index (χ4n) is 5.14. The van der Waals surface area contributed by atoms with Gasteiger partial charge in [-0.2, -0.15) is 5.10 Å². The molecule has 2 aromatic heterocycles. The lowest BCUT2D eigenvalue weighted by Gasteiger charge is -2.24. The summed E-state index contributed by atoms with van der Waals surface area (Å²) < 4.78 is 17.5. The minimum absolute atomic E-state index is 0.0513. The number of hydrogen-bond acceptors (Lipinski definition) is 5. The Morgan fingerprint density at radius 2 is 1.95 bits per heavy atom. The Morgan fingerprint density at radius 3 is 2.73 bits per heavy atom. The number of nitrogen functional groups attached to an aromatic ring is 1. The molecule has 11 heteroatoms. The van der Waals surface area contributed by atoms with E-state index in [1.54, 1.807) is 38.2 Å². The zero-order valence-electron chi connectivity index (χ0n) is 22.9. The molecular weight excluding hydrogens is 547 g/mol. The van der Waals surface area contributed by atoms with Crippen LogP contribution in [0.3, 0.4) is 0 Å². The van der Waals surface area contributed by atoms with Crippen LogP contribution in [-0.2, 0) is 11.8 Å². The van der Waals surface area contributed by atoms with Crippen molar-refractivity contribution in [1.29, 1.82) is 0 Å². The summed E-state index contributed by atoms with van der Waals surface area (Å²) in [7, 11) is 1.66. The molecule has 0 aliphatic carbocycles. The van der Waals surface area contributed by atoms with Crippen molar-refractivity contribution in [1.82, 2.24) is 19.7 Å². The highest BCUT2D eigenvalue weighted by Crippen LogP contribution is 2.33. The van der Waals surface area contributed by atoms with E-state index < -0.39 is 17.8 Å². The highest BCUT2D eigenvalue weighted by molar-refractivity contribution is 6.30. The van der Waals surface area contributed by atoms with Crippen molar-refractivity contribution in [3.8, 4) is 16.8 Å². The van der Waals surface area contributed by atoms with Gasteiger partial charge < -0.3 is 20.9 Å². The van der Waals surface area contributed by atoms with Gasteiger partial charge in [0.05, 0.1) is 34.2 Å². The lowest BCUT2D eigenvalue weighted by atomic mass is 9.95. The van der Waals surface area contributed by atoms with Crippen molar-refractivity contribution in [2.24, 2.45) is 13.0 Å². The van der Waals surface area contributed by atoms with E-state index in [0.29, 0.717) is 53.2 Å². The van der Waals surface area contributed by atoms with Crippen LogP contribution in [-0.4, -0.2) is 26.2 Å². The summed E-state index contributed by atoms with van der Waals surface area (Å²) in [6.45, 7) is 3.52. The highest BCUT2D eigenvalue weighted by atomic mass is 35.5. The van der Waals surface area contributed by atoms with Crippen molar-refractivity contribution in [2.45, 2.75) is 39.2 Å². The third-order valence-electron chi connectivity index (χ3n) is 7.57. The first-order valence-electron chi connectivity index (χ1n) is 13.3. The van der Waals surface area contributed by atoms with Crippen LogP contribution < -0.4 is 21.9 Å². The molecule has 4 N–H and O–H groups in total. The number of carbonyl (C=O) groups excluding carboxylic acids is 2. The van der Waals surface area contributed by atoms with Crippen molar-refractivity contribution >= 4 is 34.8 Å². The molecule has 0 spiro atoms. The maximum absolute atomic E-state index is 14.7. The third-order valence-corrected chi connectivity index (χ3v) is 7.86. The van der Waals surface area contributed by atoms with E-state index in [2.05, 4.69) is 15.7 Å². The Balaban J connectivity index is 1.55. The number of amides is 2. The number of rotatable bonds is 3. The normalized spacial score (nSPS) is 17.1. The first-order valence-corrected chi connectivity index (χ1v) is 13.6. The summed E-state index contributed by atoms with van der Waals surface area (Å²) in [5.41, 5.74) is 9.38. The smallest absolute Gasteiger partial charge is 0.255 e. The number of fused-ring (bicyclic) bond motifs is 4. The summed E-state index contributed by atoms with van der Waals surface area (Å²) in [4.78, 5) is 39.7. The number of anilines is 2. The molecule has 2 atom stereocenters. The van der Waals surface area contributed by atoms with Crippen LogP contribution in [0.25, 0.3) is 16.8 Å². The Bertz CT molecular complexity index is 1730. The first kappa shape index (κ1) is 28.1. The number of hydrogen-bond donors (Lipinski definition) is 3. The van der Waals surface area contributed by atoms with Crippen LogP contribution in [0.2, 0.25) is 5.02 Å². The number of nitrogens with zero attached hydrogens (tertiary/aromatic N) is 3. The number of pyridine rings is 1. The molecule has 2 amide bonds. The zero-order chi connectivity index (χ0) is 29.4. The van der Waals surface area contributed by atoms with Gasteiger partial charge in [-0.05, 0) is 55.7 Å². The fourth-order valence-corrected chi connectivity index (χ4v) is 5.31. The summed E-state index contributed by atoms with van der Waals surface area (Å²) in [6.07, 6.45) is 3.02. The second kappa shape index (κ2) is 11.2. The minimum atomic E-state index is -0.640. The lowest BCUT2D eigenvalue weighted by molar-refractivity contribution is -0.119. The third kappa shape index (κ3) is 5.47.